The number of aliphatic hydroxyl groups is 2. The van der Waals surface area contributed by atoms with Gasteiger partial charge in [0.15, 0.2) is 0 Å². The van der Waals surface area contributed by atoms with Crippen LogP contribution in [0.4, 0.5) is 24.7 Å². The molecule has 200 valence electrons. The second-order valence-corrected chi connectivity index (χ2v) is 10.2. The monoisotopic (exact) mass is 523 g/mol. The van der Waals surface area contributed by atoms with Crippen LogP contribution in [0.3, 0.4) is 0 Å². The molecule has 2 aliphatic heterocycles. The Labute approximate surface area is 212 Å². The Hall–Kier alpha value is -2.87. The fraction of sp³-hybridized carbons (Fsp3) is 0.500. The summed E-state index contributed by atoms with van der Waals surface area (Å²) >= 11 is 0. The summed E-state index contributed by atoms with van der Waals surface area (Å²) < 4.78 is 53.4. The molecule has 2 aromatic rings. The molecule has 1 aromatic heterocycles. The van der Waals surface area contributed by atoms with Crippen LogP contribution < -0.4 is 20.4 Å². The van der Waals surface area contributed by atoms with Crippen molar-refractivity contribution >= 4 is 30.0 Å². The zero-order chi connectivity index (χ0) is 27.2. The van der Waals surface area contributed by atoms with Crippen LogP contribution in [0, 0.1) is 5.92 Å². The first-order chi connectivity index (χ1) is 17.2. The molecule has 2 saturated heterocycles. The minimum absolute atomic E-state index is 0.169. The quantitative estimate of drug-likeness (QED) is 0.495. The first kappa shape index (κ1) is 27.2. The number of ether oxygens (including phenoxy) is 1. The van der Waals surface area contributed by atoms with Crippen molar-refractivity contribution in [3.8, 4) is 5.75 Å². The molecule has 9 nitrogen and oxygen atoms in total. The van der Waals surface area contributed by atoms with Crippen molar-refractivity contribution in [3.63, 3.8) is 0 Å². The van der Waals surface area contributed by atoms with Gasteiger partial charge in [-0.3, -0.25) is 4.79 Å². The highest BCUT2D eigenvalue weighted by atomic mass is 19.4. The van der Waals surface area contributed by atoms with Gasteiger partial charge in [-0.15, -0.1) is 13.2 Å². The predicted octanol–water partition coefficient (Wildman–Crippen LogP) is 2.32. The van der Waals surface area contributed by atoms with Gasteiger partial charge in [-0.05, 0) is 58.0 Å². The van der Waals surface area contributed by atoms with Crippen LogP contribution in [-0.2, 0) is 9.31 Å². The van der Waals surface area contributed by atoms with Crippen LogP contribution in [0.25, 0.3) is 0 Å². The van der Waals surface area contributed by atoms with Gasteiger partial charge in [0.25, 0.3) is 5.91 Å². The van der Waals surface area contributed by atoms with Gasteiger partial charge in [-0.25, -0.2) is 4.98 Å². The average molecular weight is 523 g/mol. The first-order valence-electron chi connectivity index (χ1n) is 11.8. The summed E-state index contributed by atoms with van der Waals surface area (Å²) in [4.78, 5) is 19.3. The SMILES string of the molecule is CC1(C)OB(c2cc(C(=O)Nc3ccc(OC(F)(F)F)cc3)cnc2N2CC(O)C(CO)C2)OC1(C)C. The fourth-order valence-corrected chi connectivity index (χ4v) is 4.16. The molecule has 0 saturated carbocycles. The summed E-state index contributed by atoms with van der Waals surface area (Å²) in [7, 11) is -0.857. The van der Waals surface area contributed by atoms with E-state index in [2.05, 4.69) is 15.0 Å². The van der Waals surface area contributed by atoms with Gasteiger partial charge in [0, 0.05) is 36.4 Å². The summed E-state index contributed by atoms with van der Waals surface area (Å²) in [5.74, 6) is -0.844. The Morgan fingerprint density at radius 1 is 1.19 bits per heavy atom. The van der Waals surface area contributed by atoms with Gasteiger partial charge in [0.2, 0.25) is 0 Å². The number of amides is 1. The summed E-state index contributed by atoms with van der Waals surface area (Å²) in [5, 5.41) is 22.5. The molecule has 2 unspecified atom stereocenters. The van der Waals surface area contributed by atoms with Crippen LogP contribution in [0.1, 0.15) is 38.1 Å². The van der Waals surface area contributed by atoms with E-state index in [-0.39, 0.29) is 30.3 Å². The minimum Gasteiger partial charge on any atom is -0.406 e. The molecule has 3 heterocycles. The molecule has 0 bridgehead atoms. The fourth-order valence-electron chi connectivity index (χ4n) is 4.16. The number of carbonyl (C=O) groups is 1. The van der Waals surface area contributed by atoms with Gasteiger partial charge in [0.1, 0.15) is 11.6 Å². The highest BCUT2D eigenvalue weighted by Crippen LogP contribution is 2.37. The molecular formula is C24H29BF3N3O6. The molecule has 13 heteroatoms. The Bertz CT molecular complexity index is 1130. The summed E-state index contributed by atoms with van der Waals surface area (Å²) in [6, 6.07) is 6.35. The lowest BCUT2D eigenvalue weighted by Crippen LogP contribution is -2.41. The van der Waals surface area contributed by atoms with Crippen molar-refractivity contribution in [3.05, 3.63) is 42.1 Å². The number of benzene rings is 1. The number of halogens is 3. The Morgan fingerprint density at radius 3 is 2.35 bits per heavy atom. The maximum Gasteiger partial charge on any atom is 0.573 e. The number of nitrogens with one attached hydrogen (secondary N) is 1. The maximum absolute atomic E-state index is 13.0. The molecule has 0 radical (unpaired) electrons. The third kappa shape index (κ3) is 5.84. The third-order valence-corrected chi connectivity index (χ3v) is 6.95. The average Bonchev–Trinajstić information content (AvgIpc) is 3.28. The largest absolute Gasteiger partial charge is 0.573 e. The van der Waals surface area contributed by atoms with Gasteiger partial charge in [0.05, 0.1) is 29.5 Å². The van der Waals surface area contributed by atoms with Crippen molar-refractivity contribution in [2.24, 2.45) is 5.92 Å². The Morgan fingerprint density at radius 2 is 1.81 bits per heavy atom. The van der Waals surface area contributed by atoms with E-state index in [4.69, 9.17) is 9.31 Å². The zero-order valence-electron chi connectivity index (χ0n) is 20.9. The number of carbonyl (C=O) groups excluding carboxylic acids is 1. The highest BCUT2D eigenvalue weighted by Gasteiger charge is 2.53. The van der Waals surface area contributed by atoms with E-state index in [1.807, 2.05) is 32.6 Å². The van der Waals surface area contributed by atoms with Crippen LogP contribution in [-0.4, -0.2) is 71.6 Å². The predicted molar refractivity (Wildman–Crippen MR) is 130 cm³/mol. The van der Waals surface area contributed by atoms with E-state index >= 15 is 0 Å². The minimum atomic E-state index is -4.81. The lowest BCUT2D eigenvalue weighted by molar-refractivity contribution is -0.274. The molecule has 2 fully saturated rings. The topological polar surface area (TPSA) is 113 Å². The number of rotatable bonds is 6. The van der Waals surface area contributed by atoms with Crippen LogP contribution in [0.2, 0.25) is 0 Å². The second-order valence-electron chi connectivity index (χ2n) is 10.2. The number of anilines is 2. The van der Waals surface area contributed by atoms with E-state index in [1.54, 1.807) is 6.07 Å². The van der Waals surface area contributed by atoms with Crippen LogP contribution >= 0.6 is 0 Å². The third-order valence-electron chi connectivity index (χ3n) is 6.95. The lowest BCUT2D eigenvalue weighted by Gasteiger charge is -2.32. The number of alkyl halides is 3. The second kappa shape index (κ2) is 9.78. The van der Waals surface area contributed by atoms with Crippen molar-refractivity contribution in [1.82, 2.24) is 4.98 Å². The van der Waals surface area contributed by atoms with Gasteiger partial charge < -0.3 is 34.5 Å². The van der Waals surface area contributed by atoms with E-state index in [0.717, 1.165) is 12.1 Å². The number of β-amino-alcohol motifs (C(OH)–C–C–N with tert-alkyl or cyclic N) is 1. The van der Waals surface area contributed by atoms with Gasteiger partial charge >= 0.3 is 13.5 Å². The molecule has 0 aliphatic carbocycles. The normalized spacial score (nSPS) is 22.8. The Balaban J connectivity index is 1.61. The molecule has 2 aliphatic rings. The lowest BCUT2D eigenvalue weighted by atomic mass is 9.78. The van der Waals surface area contributed by atoms with E-state index in [1.165, 1.54) is 18.3 Å². The number of aliphatic hydroxyl groups excluding tert-OH is 2. The standard InChI is InChI=1S/C24H29BF3N3O6/c1-22(2)23(3,4)37-25(36-22)18-9-14(10-29-20(18)31-11-15(13-32)19(33)12-31)21(34)30-16-5-7-17(8-6-16)35-24(26,27)28/h5-10,15,19,32-33H,11-13H2,1-4H3,(H,30,34). The van der Waals surface area contributed by atoms with Gasteiger partial charge in [-0.1, -0.05) is 0 Å². The first-order valence-corrected chi connectivity index (χ1v) is 11.8. The molecular weight excluding hydrogens is 494 g/mol. The molecule has 4 rings (SSSR count). The molecule has 1 aromatic carbocycles. The number of nitrogens with zero attached hydrogens (tertiary/aromatic N) is 2. The number of hydrogen-bond donors (Lipinski definition) is 3. The zero-order valence-corrected chi connectivity index (χ0v) is 20.9. The molecule has 0 spiro atoms. The summed E-state index contributed by atoms with van der Waals surface area (Å²) in [6.45, 7) is 7.98. The maximum atomic E-state index is 13.0. The Kier molecular flexibility index (Phi) is 7.19. The molecule has 37 heavy (non-hydrogen) atoms. The number of pyridine rings is 1. The molecule has 3 N–H and O–H groups in total. The van der Waals surface area contributed by atoms with Crippen molar-refractivity contribution in [2.75, 3.05) is 29.9 Å². The van der Waals surface area contributed by atoms with Crippen LogP contribution in [0.5, 0.6) is 5.75 Å². The molecule has 2 atom stereocenters. The van der Waals surface area contributed by atoms with Crippen molar-refractivity contribution in [2.45, 2.75) is 51.4 Å². The number of aromatic nitrogens is 1. The smallest absolute Gasteiger partial charge is 0.406 e. The summed E-state index contributed by atoms with van der Waals surface area (Å²) in [6.07, 6.45) is -4.20. The molecule has 1 amide bonds. The number of hydrogen-bond acceptors (Lipinski definition) is 8. The summed E-state index contributed by atoms with van der Waals surface area (Å²) in [5.41, 5.74) is -0.417. The van der Waals surface area contributed by atoms with E-state index in [0.29, 0.717) is 17.8 Å². The van der Waals surface area contributed by atoms with E-state index in [9.17, 15) is 28.2 Å². The van der Waals surface area contributed by atoms with Crippen molar-refractivity contribution < 1.29 is 42.2 Å². The van der Waals surface area contributed by atoms with Crippen molar-refractivity contribution in [1.29, 1.82) is 0 Å². The van der Waals surface area contributed by atoms with Crippen LogP contribution in [0.15, 0.2) is 36.5 Å². The van der Waals surface area contributed by atoms with Gasteiger partial charge in [-0.2, -0.15) is 0 Å². The highest BCUT2D eigenvalue weighted by molar-refractivity contribution is 6.64. The van der Waals surface area contributed by atoms with E-state index < -0.39 is 42.4 Å².